The molecule has 0 aromatic rings. The molecule has 0 saturated carbocycles. The van der Waals surface area contributed by atoms with Crippen molar-refractivity contribution in [2.45, 2.75) is 6.92 Å². The van der Waals surface area contributed by atoms with Gasteiger partial charge in [0.15, 0.2) is 0 Å². The molecule has 0 atom stereocenters. The van der Waals surface area contributed by atoms with E-state index in [4.69, 9.17) is 0 Å². The molecule has 60 valence electrons. The zero-order valence-corrected chi connectivity index (χ0v) is 6.72. The van der Waals surface area contributed by atoms with Gasteiger partial charge in [-0.2, -0.15) is 8.42 Å². The third kappa shape index (κ3) is 1.56. The van der Waals surface area contributed by atoms with Crippen LogP contribution in [-0.4, -0.2) is 15.0 Å². The van der Waals surface area contributed by atoms with E-state index in [-0.39, 0.29) is 6.61 Å². The standard InChI is InChI=1S/C2H5O6PS/c1-2-6-9(3)7-10(4,5)8-9/h2H2,1H3. The van der Waals surface area contributed by atoms with Gasteiger partial charge in [0.2, 0.25) is 0 Å². The van der Waals surface area contributed by atoms with Crippen molar-refractivity contribution in [1.29, 1.82) is 0 Å². The Balaban J connectivity index is 2.59. The maximum atomic E-state index is 10.6. The van der Waals surface area contributed by atoms with Crippen molar-refractivity contribution in [1.82, 2.24) is 0 Å². The van der Waals surface area contributed by atoms with E-state index >= 15 is 0 Å². The molecule has 10 heavy (non-hydrogen) atoms. The molecule has 0 aromatic heterocycles. The van der Waals surface area contributed by atoms with Crippen LogP contribution in [0.4, 0.5) is 0 Å². The van der Waals surface area contributed by atoms with Crippen molar-refractivity contribution in [3.8, 4) is 0 Å². The number of hydrogen-bond acceptors (Lipinski definition) is 6. The SMILES string of the molecule is CCOP1(=O)OS(=O)(=O)O1. The molecule has 1 fully saturated rings. The Morgan fingerprint density at radius 2 is 2.00 bits per heavy atom. The average molecular weight is 188 g/mol. The van der Waals surface area contributed by atoms with Crippen LogP contribution in [0.5, 0.6) is 0 Å². The van der Waals surface area contributed by atoms with E-state index in [0.29, 0.717) is 0 Å². The van der Waals surface area contributed by atoms with Crippen LogP contribution in [0.15, 0.2) is 0 Å². The summed E-state index contributed by atoms with van der Waals surface area (Å²) in [5, 5.41) is 0. The van der Waals surface area contributed by atoms with Crippen molar-refractivity contribution < 1.29 is 25.4 Å². The molecule has 1 aliphatic heterocycles. The molecule has 0 aliphatic carbocycles. The highest BCUT2D eigenvalue weighted by Gasteiger charge is 2.50. The minimum Gasteiger partial charge on any atom is -0.286 e. The number of rotatable bonds is 2. The molecule has 0 spiro atoms. The van der Waals surface area contributed by atoms with Crippen LogP contribution in [-0.2, 0) is 27.4 Å². The van der Waals surface area contributed by atoms with Crippen molar-refractivity contribution in [2.24, 2.45) is 0 Å². The van der Waals surface area contributed by atoms with Crippen LogP contribution in [0.1, 0.15) is 6.92 Å². The lowest BCUT2D eigenvalue weighted by Gasteiger charge is -2.22. The van der Waals surface area contributed by atoms with Crippen molar-refractivity contribution >= 4 is 18.2 Å². The minimum absolute atomic E-state index is 0.0762. The van der Waals surface area contributed by atoms with Gasteiger partial charge >= 0.3 is 18.2 Å². The van der Waals surface area contributed by atoms with E-state index in [9.17, 15) is 13.0 Å². The Morgan fingerprint density at radius 3 is 2.30 bits per heavy atom. The summed E-state index contributed by atoms with van der Waals surface area (Å²) >= 11 is 0. The quantitative estimate of drug-likeness (QED) is 0.584. The van der Waals surface area contributed by atoms with Crippen LogP contribution < -0.4 is 0 Å². The monoisotopic (exact) mass is 188 g/mol. The van der Waals surface area contributed by atoms with Gasteiger partial charge in [0, 0.05) is 0 Å². The summed E-state index contributed by atoms with van der Waals surface area (Å²) < 4.78 is 42.8. The minimum atomic E-state index is -4.00. The maximum Gasteiger partial charge on any atom is 0.507 e. The lowest BCUT2D eigenvalue weighted by Crippen LogP contribution is -2.20. The summed E-state index contributed by atoms with van der Waals surface area (Å²) in [6.45, 7) is 1.62. The predicted octanol–water partition coefficient (Wildman–Crippen LogP) is 0.423. The van der Waals surface area contributed by atoms with Crippen molar-refractivity contribution in [2.75, 3.05) is 6.61 Å². The third-order valence-electron chi connectivity index (χ3n) is 0.652. The Kier molecular flexibility index (Phi) is 1.86. The first-order chi connectivity index (χ1) is 4.47. The maximum absolute atomic E-state index is 10.6. The van der Waals surface area contributed by atoms with Crippen molar-refractivity contribution in [3.63, 3.8) is 0 Å². The molecular weight excluding hydrogens is 183 g/mol. The van der Waals surface area contributed by atoms with E-state index in [1.54, 1.807) is 0 Å². The molecule has 0 N–H and O–H groups in total. The highest BCUT2D eigenvalue weighted by atomic mass is 32.3. The lowest BCUT2D eigenvalue weighted by atomic mass is 10.9. The van der Waals surface area contributed by atoms with Crippen molar-refractivity contribution in [3.05, 3.63) is 0 Å². The Morgan fingerprint density at radius 1 is 1.50 bits per heavy atom. The van der Waals surface area contributed by atoms with Gasteiger partial charge < -0.3 is 0 Å². The molecule has 0 aromatic carbocycles. The zero-order valence-electron chi connectivity index (χ0n) is 5.01. The molecule has 6 nitrogen and oxygen atoms in total. The molecule has 0 radical (unpaired) electrons. The van der Waals surface area contributed by atoms with E-state index in [1.165, 1.54) is 6.92 Å². The fraction of sp³-hybridized carbons (Fsp3) is 1.00. The Labute approximate surface area is 58.0 Å². The van der Waals surface area contributed by atoms with Crippen LogP contribution >= 0.6 is 7.82 Å². The van der Waals surface area contributed by atoms with Crippen LogP contribution in [0.3, 0.4) is 0 Å². The predicted molar refractivity (Wildman–Crippen MR) is 30.3 cm³/mol. The summed E-state index contributed by atoms with van der Waals surface area (Å²) in [7, 11) is -7.70. The molecule has 1 rings (SSSR count). The van der Waals surface area contributed by atoms with E-state index in [0.717, 1.165) is 0 Å². The first kappa shape index (κ1) is 8.16. The van der Waals surface area contributed by atoms with Crippen LogP contribution in [0.2, 0.25) is 0 Å². The second kappa shape index (κ2) is 2.28. The Bertz CT molecular complexity index is 249. The van der Waals surface area contributed by atoms with E-state index in [2.05, 4.69) is 12.5 Å². The smallest absolute Gasteiger partial charge is 0.286 e. The molecule has 1 aliphatic rings. The second-order valence-corrected chi connectivity index (χ2v) is 4.58. The zero-order chi connectivity index (χ0) is 7.83. The average Bonchev–Trinajstić information content (AvgIpc) is 1.58. The highest BCUT2D eigenvalue weighted by Crippen LogP contribution is 2.61. The van der Waals surface area contributed by atoms with Gasteiger partial charge in [-0.05, 0) is 6.92 Å². The van der Waals surface area contributed by atoms with Gasteiger partial charge in [-0.15, -0.1) is 7.94 Å². The first-order valence-electron chi connectivity index (χ1n) is 2.39. The fourth-order valence-electron chi connectivity index (χ4n) is 0.430. The number of phosphoric acid groups is 1. The van der Waals surface area contributed by atoms with Crippen LogP contribution in [0.25, 0.3) is 0 Å². The van der Waals surface area contributed by atoms with Gasteiger partial charge in [-0.25, -0.2) is 4.57 Å². The summed E-state index contributed by atoms with van der Waals surface area (Å²) in [5.41, 5.74) is 0. The summed E-state index contributed by atoms with van der Waals surface area (Å²) in [6, 6.07) is 0. The molecule has 1 heterocycles. The van der Waals surface area contributed by atoms with Gasteiger partial charge in [0.1, 0.15) is 0 Å². The third-order valence-corrected chi connectivity index (χ3v) is 4.15. The number of hydrogen-bond donors (Lipinski definition) is 0. The summed E-state index contributed by atoms with van der Waals surface area (Å²) in [6.07, 6.45) is 0. The van der Waals surface area contributed by atoms with E-state index < -0.39 is 18.2 Å². The molecule has 1 saturated heterocycles. The molecule has 0 bridgehead atoms. The Hall–Kier alpha value is 0.0600. The van der Waals surface area contributed by atoms with Gasteiger partial charge in [-0.1, -0.05) is 0 Å². The van der Waals surface area contributed by atoms with Crippen LogP contribution in [0, 0.1) is 0 Å². The van der Waals surface area contributed by atoms with Gasteiger partial charge in [0.05, 0.1) is 6.61 Å². The first-order valence-corrected chi connectivity index (χ1v) is 5.19. The molecule has 8 heteroatoms. The molecule has 0 amide bonds. The highest BCUT2D eigenvalue weighted by molar-refractivity contribution is 7.96. The fourth-order valence-corrected chi connectivity index (χ4v) is 2.92. The molecular formula is C2H5O6PS. The van der Waals surface area contributed by atoms with Gasteiger partial charge in [0.25, 0.3) is 0 Å². The summed E-state index contributed by atoms with van der Waals surface area (Å²) in [4.78, 5) is 0. The summed E-state index contributed by atoms with van der Waals surface area (Å²) in [5.74, 6) is 0. The normalized spacial score (nSPS) is 27.3. The second-order valence-electron chi connectivity index (χ2n) is 1.42. The van der Waals surface area contributed by atoms with E-state index in [1.807, 2.05) is 0 Å². The topological polar surface area (TPSA) is 78.9 Å². The van der Waals surface area contributed by atoms with Gasteiger partial charge in [-0.3, -0.25) is 4.52 Å². The molecule has 0 unspecified atom stereocenters. The largest absolute Gasteiger partial charge is 0.507 e. The lowest BCUT2D eigenvalue weighted by molar-refractivity contribution is 0.170.